The molecule has 23 heavy (non-hydrogen) atoms. The summed E-state index contributed by atoms with van der Waals surface area (Å²) in [6.45, 7) is 3.95. The first-order chi connectivity index (χ1) is 11.1. The number of ether oxygens (including phenoxy) is 1. The minimum Gasteiger partial charge on any atom is -0.364 e. The molecular formula is C17H21N3O3. The van der Waals surface area contributed by atoms with Crippen LogP contribution in [0.3, 0.4) is 0 Å². The highest BCUT2D eigenvalue weighted by molar-refractivity contribution is 5.94. The number of pyridine rings is 1. The van der Waals surface area contributed by atoms with Gasteiger partial charge in [-0.15, -0.1) is 0 Å². The minimum absolute atomic E-state index is 0.000734. The SMILES string of the molecule is Cc1ccc(C(=O)N2C[C@@H]3[C@@H](C2)OCC(=O)N3CC2CC2)cn1. The van der Waals surface area contributed by atoms with Gasteiger partial charge in [0, 0.05) is 31.5 Å². The van der Waals surface area contributed by atoms with Crippen LogP contribution >= 0.6 is 0 Å². The summed E-state index contributed by atoms with van der Waals surface area (Å²) in [6, 6.07) is 3.65. The average Bonchev–Trinajstić information content (AvgIpc) is 3.26. The number of amides is 2. The summed E-state index contributed by atoms with van der Waals surface area (Å²) in [6.07, 6.45) is 3.97. The van der Waals surface area contributed by atoms with Gasteiger partial charge >= 0.3 is 0 Å². The maximum absolute atomic E-state index is 12.7. The third-order valence-electron chi connectivity index (χ3n) is 4.98. The third kappa shape index (κ3) is 2.83. The van der Waals surface area contributed by atoms with Crippen LogP contribution in [0, 0.1) is 12.8 Å². The molecule has 3 aliphatic rings. The number of fused-ring (bicyclic) bond motifs is 1. The van der Waals surface area contributed by atoms with E-state index in [1.54, 1.807) is 17.2 Å². The number of carbonyl (C=O) groups excluding carboxylic acids is 2. The molecule has 4 rings (SSSR count). The summed E-state index contributed by atoms with van der Waals surface area (Å²) < 4.78 is 5.68. The van der Waals surface area contributed by atoms with Crippen LogP contribution in [-0.2, 0) is 9.53 Å². The molecular weight excluding hydrogens is 294 g/mol. The predicted octanol–water partition coefficient (Wildman–Crippen LogP) is 0.852. The zero-order valence-electron chi connectivity index (χ0n) is 13.3. The minimum atomic E-state index is -0.0613. The predicted molar refractivity (Wildman–Crippen MR) is 82.8 cm³/mol. The number of aromatic nitrogens is 1. The molecule has 0 aromatic carbocycles. The van der Waals surface area contributed by atoms with Crippen molar-refractivity contribution in [3.63, 3.8) is 0 Å². The number of carbonyl (C=O) groups is 2. The Bertz CT molecular complexity index is 626. The van der Waals surface area contributed by atoms with Gasteiger partial charge in [0.15, 0.2) is 0 Å². The Morgan fingerprint density at radius 2 is 2.17 bits per heavy atom. The first-order valence-corrected chi connectivity index (χ1v) is 8.25. The Balaban J connectivity index is 1.49. The second-order valence-electron chi connectivity index (χ2n) is 6.80. The molecule has 2 atom stereocenters. The Kier molecular flexibility index (Phi) is 3.56. The van der Waals surface area contributed by atoms with Crippen molar-refractivity contribution in [1.82, 2.24) is 14.8 Å². The van der Waals surface area contributed by atoms with Gasteiger partial charge in [-0.1, -0.05) is 0 Å². The molecule has 2 aliphatic heterocycles. The van der Waals surface area contributed by atoms with Crippen LogP contribution in [0.15, 0.2) is 18.3 Å². The number of hydrogen-bond acceptors (Lipinski definition) is 4. The number of likely N-dealkylation sites (tertiary alicyclic amines) is 1. The summed E-state index contributed by atoms with van der Waals surface area (Å²) in [5.41, 5.74) is 1.48. The first-order valence-electron chi connectivity index (χ1n) is 8.25. The monoisotopic (exact) mass is 315 g/mol. The molecule has 1 saturated carbocycles. The van der Waals surface area contributed by atoms with E-state index in [-0.39, 0.29) is 30.6 Å². The number of rotatable bonds is 3. The van der Waals surface area contributed by atoms with Crippen molar-refractivity contribution < 1.29 is 14.3 Å². The van der Waals surface area contributed by atoms with Gasteiger partial charge in [0.05, 0.1) is 17.7 Å². The number of morpholine rings is 1. The van der Waals surface area contributed by atoms with E-state index in [9.17, 15) is 9.59 Å². The molecule has 122 valence electrons. The first kappa shape index (κ1) is 14.6. The zero-order chi connectivity index (χ0) is 16.0. The molecule has 1 aromatic rings. The number of nitrogens with zero attached hydrogens (tertiary/aromatic N) is 3. The van der Waals surface area contributed by atoms with Crippen LogP contribution in [0.5, 0.6) is 0 Å². The van der Waals surface area contributed by atoms with E-state index in [0.717, 1.165) is 12.2 Å². The van der Waals surface area contributed by atoms with Gasteiger partial charge in [-0.05, 0) is 37.8 Å². The van der Waals surface area contributed by atoms with Crippen molar-refractivity contribution in [3.05, 3.63) is 29.6 Å². The smallest absolute Gasteiger partial charge is 0.255 e. The van der Waals surface area contributed by atoms with E-state index in [1.165, 1.54) is 12.8 Å². The van der Waals surface area contributed by atoms with Crippen LogP contribution in [0.1, 0.15) is 28.9 Å². The van der Waals surface area contributed by atoms with Crippen molar-refractivity contribution in [1.29, 1.82) is 0 Å². The van der Waals surface area contributed by atoms with Gasteiger partial charge in [-0.3, -0.25) is 14.6 Å². The maximum atomic E-state index is 12.7. The molecule has 0 radical (unpaired) electrons. The van der Waals surface area contributed by atoms with Crippen LogP contribution in [0.25, 0.3) is 0 Å². The highest BCUT2D eigenvalue weighted by atomic mass is 16.5. The maximum Gasteiger partial charge on any atom is 0.255 e. The molecule has 3 heterocycles. The summed E-state index contributed by atoms with van der Waals surface area (Å²) in [4.78, 5) is 32.8. The topological polar surface area (TPSA) is 62.7 Å². The highest BCUT2D eigenvalue weighted by Gasteiger charge is 2.45. The molecule has 0 unspecified atom stereocenters. The fourth-order valence-electron chi connectivity index (χ4n) is 3.42. The second kappa shape index (κ2) is 5.60. The summed E-state index contributed by atoms with van der Waals surface area (Å²) in [5, 5.41) is 0. The van der Waals surface area contributed by atoms with Crippen LogP contribution in [0.4, 0.5) is 0 Å². The van der Waals surface area contributed by atoms with Crippen LogP contribution in [0.2, 0.25) is 0 Å². The summed E-state index contributed by atoms with van der Waals surface area (Å²) in [5.74, 6) is 0.669. The molecule has 0 bridgehead atoms. The molecule has 6 heteroatoms. The molecule has 3 fully saturated rings. The molecule has 2 amide bonds. The molecule has 1 aliphatic carbocycles. The third-order valence-corrected chi connectivity index (χ3v) is 4.98. The van der Waals surface area contributed by atoms with Gasteiger partial charge in [-0.25, -0.2) is 0 Å². The Labute approximate surface area is 135 Å². The quantitative estimate of drug-likeness (QED) is 0.830. The fraction of sp³-hybridized carbons (Fsp3) is 0.588. The van der Waals surface area contributed by atoms with Crippen LogP contribution < -0.4 is 0 Å². The number of hydrogen-bond donors (Lipinski definition) is 0. The van der Waals surface area contributed by atoms with E-state index in [0.29, 0.717) is 24.6 Å². The van der Waals surface area contributed by atoms with Crippen molar-refractivity contribution in [2.75, 3.05) is 26.2 Å². The van der Waals surface area contributed by atoms with E-state index < -0.39 is 0 Å². The largest absolute Gasteiger partial charge is 0.364 e. The molecule has 1 aromatic heterocycles. The van der Waals surface area contributed by atoms with Crippen molar-refractivity contribution in [2.45, 2.75) is 31.9 Å². The average molecular weight is 315 g/mol. The van der Waals surface area contributed by atoms with Crippen LogP contribution in [-0.4, -0.2) is 65.0 Å². The standard InChI is InChI=1S/C17H21N3O3/c1-11-2-5-13(6-18-11)17(22)19-8-14-15(9-19)23-10-16(21)20(14)7-12-3-4-12/h2,5-6,12,14-15H,3-4,7-10H2,1H3/t14-,15-/m1/s1. The zero-order valence-corrected chi connectivity index (χ0v) is 13.3. The van der Waals surface area contributed by atoms with E-state index in [2.05, 4.69) is 4.98 Å². The summed E-state index contributed by atoms with van der Waals surface area (Å²) in [7, 11) is 0. The molecule has 0 N–H and O–H groups in total. The fourth-order valence-corrected chi connectivity index (χ4v) is 3.42. The Morgan fingerprint density at radius 3 is 2.87 bits per heavy atom. The molecule has 6 nitrogen and oxygen atoms in total. The van der Waals surface area contributed by atoms with Gasteiger partial charge in [0.2, 0.25) is 5.91 Å². The van der Waals surface area contributed by atoms with E-state index >= 15 is 0 Å². The second-order valence-corrected chi connectivity index (χ2v) is 6.80. The lowest BCUT2D eigenvalue weighted by molar-refractivity contribution is -0.153. The van der Waals surface area contributed by atoms with E-state index in [4.69, 9.17) is 4.74 Å². The van der Waals surface area contributed by atoms with Crippen molar-refractivity contribution in [2.24, 2.45) is 5.92 Å². The van der Waals surface area contributed by atoms with Gasteiger partial charge in [0.25, 0.3) is 5.91 Å². The Morgan fingerprint density at radius 1 is 1.35 bits per heavy atom. The Hall–Kier alpha value is -1.95. The lowest BCUT2D eigenvalue weighted by Gasteiger charge is -2.36. The van der Waals surface area contributed by atoms with Crippen molar-refractivity contribution >= 4 is 11.8 Å². The lowest BCUT2D eigenvalue weighted by Crippen LogP contribution is -2.54. The van der Waals surface area contributed by atoms with Gasteiger partial charge in [-0.2, -0.15) is 0 Å². The van der Waals surface area contributed by atoms with Crippen molar-refractivity contribution in [3.8, 4) is 0 Å². The number of aryl methyl sites for hydroxylation is 1. The normalized spacial score (nSPS) is 27.3. The summed E-state index contributed by atoms with van der Waals surface area (Å²) >= 11 is 0. The molecule has 2 saturated heterocycles. The van der Waals surface area contributed by atoms with Gasteiger partial charge in [0.1, 0.15) is 6.61 Å². The highest BCUT2D eigenvalue weighted by Crippen LogP contribution is 2.33. The van der Waals surface area contributed by atoms with E-state index in [1.807, 2.05) is 17.9 Å². The molecule has 0 spiro atoms. The lowest BCUT2D eigenvalue weighted by atomic mass is 10.1. The van der Waals surface area contributed by atoms with Gasteiger partial charge < -0.3 is 14.5 Å².